The minimum atomic E-state index is -0.105. The van der Waals surface area contributed by atoms with E-state index in [1.165, 1.54) is 10.9 Å². The number of nitrogens with zero attached hydrogens (tertiary/aromatic N) is 3. The van der Waals surface area contributed by atoms with Gasteiger partial charge in [-0.1, -0.05) is 23.4 Å². The Balaban J connectivity index is 1.24. The summed E-state index contributed by atoms with van der Waals surface area (Å²) >= 11 is 0. The van der Waals surface area contributed by atoms with Crippen LogP contribution in [0.3, 0.4) is 0 Å². The Hall–Kier alpha value is -3.94. The normalized spacial score (nSPS) is 14.4. The maximum atomic E-state index is 13.2. The van der Waals surface area contributed by atoms with Gasteiger partial charge in [0.25, 0.3) is 11.8 Å². The molecular weight excluding hydrogens is 454 g/mol. The van der Waals surface area contributed by atoms with Gasteiger partial charge in [-0.2, -0.15) is 0 Å². The van der Waals surface area contributed by atoms with E-state index in [9.17, 15) is 9.59 Å². The number of likely N-dealkylation sites (tertiary alicyclic amines) is 1. The van der Waals surface area contributed by atoms with E-state index in [0.29, 0.717) is 42.2 Å². The first-order valence-corrected chi connectivity index (χ1v) is 12.4. The van der Waals surface area contributed by atoms with Gasteiger partial charge < -0.3 is 19.7 Å². The lowest BCUT2D eigenvalue weighted by atomic mass is 9.89. The van der Waals surface area contributed by atoms with Gasteiger partial charge >= 0.3 is 0 Å². The Labute approximate surface area is 210 Å². The molecule has 0 bridgehead atoms. The molecule has 3 aromatic heterocycles. The lowest BCUT2D eigenvalue weighted by molar-refractivity contribution is 0.0708. The van der Waals surface area contributed by atoms with Crippen molar-refractivity contribution in [3.8, 4) is 0 Å². The number of carbonyl (C=O) groups is 2. The maximum Gasteiger partial charge on any atom is 0.259 e. The largest absolute Gasteiger partial charge is 0.361 e. The smallest absolute Gasteiger partial charge is 0.259 e. The van der Waals surface area contributed by atoms with E-state index in [0.717, 1.165) is 36.2 Å². The number of H-pyrrole nitrogens is 1. The fourth-order valence-electron chi connectivity index (χ4n) is 5.13. The predicted molar refractivity (Wildman–Crippen MR) is 137 cm³/mol. The Morgan fingerprint density at radius 1 is 1.11 bits per heavy atom. The second-order valence-corrected chi connectivity index (χ2v) is 9.52. The van der Waals surface area contributed by atoms with E-state index in [4.69, 9.17) is 9.51 Å². The van der Waals surface area contributed by atoms with Crippen LogP contribution >= 0.6 is 0 Å². The summed E-state index contributed by atoms with van der Waals surface area (Å²) in [5, 5.41) is 8.18. The summed E-state index contributed by atoms with van der Waals surface area (Å²) in [6.07, 6.45) is 4.25. The van der Waals surface area contributed by atoms with E-state index < -0.39 is 0 Å². The van der Waals surface area contributed by atoms with E-state index >= 15 is 0 Å². The molecular formula is C28H31N5O3. The Morgan fingerprint density at radius 2 is 1.89 bits per heavy atom. The molecule has 4 heterocycles. The monoisotopic (exact) mass is 485 g/mol. The number of benzene rings is 1. The Kier molecular flexibility index (Phi) is 6.59. The molecule has 1 aliphatic rings. The lowest BCUT2D eigenvalue weighted by Gasteiger charge is -2.32. The summed E-state index contributed by atoms with van der Waals surface area (Å²) < 4.78 is 5.18. The number of aromatic amines is 1. The van der Waals surface area contributed by atoms with Gasteiger partial charge in [0.15, 0.2) is 0 Å². The Bertz CT molecular complexity index is 1390. The average Bonchev–Trinajstić information content (AvgIpc) is 3.46. The molecule has 1 fully saturated rings. The first-order valence-electron chi connectivity index (χ1n) is 12.4. The third kappa shape index (κ3) is 4.63. The van der Waals surface area contributed by atoms with Crippen molar-refractivity contribution < 1.29 is 14.1 Å². The van der Waals surface area contributed by atoms with Crippen LogP contribution in [0.4, 0.5) is 0 Å². The van der Waals surface area contributed by atoms with Crippen LogP contribution in [0.25, 0.3) is 10.9 Å². The summed E-state index contributed by atoms with van der Waals surface area (Å²) in [6.45, 7) is 7.24. The van der Waals surface area contributed by atoms with Crippen LogP contribution in [0.15, 0.2) is 47.1 Å². The topological polar surface area (TPSA) is 104 Å². The molecule has 1 saturated heterocycles. The van der Waals surface area contributed by atoms with E-state index in [1.807, 2.05) is 42.3 Å². The number of fused-ring (bicyclic) bond motifs is 1. The molecule has 0 spiro atoms. The first kappa shape index (κ1) is 23.8. The number of carbonyl (C=O) groups excluding carboxylic acids is 2. The van der Waals surface area contributed by atoms with Crippen LogP contribution in [0, 0.1) is 20.8 Å². The van der Waals surface area contributed by atoms with Crippen LogP contribution in [0.1, 0.15) is 67.9 Å². The molecule has 2 amide bonds. The lowest BCUT2D eigenvalue weighted by Crippen LogP contribution is -2.39. The quantitative estimate of drug-likeness (QED) is 0.419. The zero-order valence-corrected chi connectivity index (χ0v) is 20.9. The highest BCUT2D eigenvalue weighted by atomic mass is 16.5. The molecule has 0 atom stereocenters. The number of nitrogens with one attached hydrogen (secondary N) is 2. The number of para-hydroxylation sites is 1. The van der Waals surface area contributed by atoms with Gasteiger partial charge in [0.2, 0.25) is 0 Å². The van der Waals surface area contributed by atoms with Crippen molar-refractivity contribution in [2.75, 3.05) is 19.6 Å². The molecule has 5 rings (SSSR count). The van der Waals surface area contributed by atoms with Gasteiger partial charge in [0.05, 0.1) is 17.0 Å². The minimum absolute atomic E-state index is 0.0443. The van der Waals surface area contributed by atoms with Crippen molar-refractivity contribution >= 4 is 22.7 Å². The number of amides is 2. The van der Waals surface area contributed by atoms with Gasteiger partial charge in [0.1, 0.15) is 11.3 Å². The van der Waals surface area contributed by atoms with E-state index in [1.54, 1.807) is 13.8 Å². The van der Waals surface area contributed by atoms with E-state index in [-0.39, 0.29) is 17.7 Å². The number of piperidine rings is 1. The molecule has 0 radical (unpaired) electrons. The fourth-order valence-corrected chi connectivity index (χ4v) is 5.13. The second-order valence-electron chi connectivity index (χ2n) is 9.52. The van der Waals surface area contributed by atoms with Crippen LogP contribution < -0.4 is 5.32 Å². The zero-order valence-electron chi connectivity index (χ0n) is 20.9. The van der Waals surface area contributed by atoms with Gasteiger partial charge in [-0.15, -0.1) is 0 Å². The molecule has 1 aromatic carbocycles. The number of hydrogen-bond acceptors (Lipinski definition) is 5. The number of aryl methyl sites for hydroxylation is 3. The van der Waals surface area contributed by atoms with E-state index in [2.05, 4.69) is 27.6 Å². The van der Waals surface area contributed by atoms with Crippen molar-refractivity contribution in [3.05, 3.63) is 82.1 Å². The second kappa shape index (κ2) is 9.97. The summed E-state index contributed by atoms with van der Waals surface area (Å²) in [6, 6.07) is 11.9. The first-order chi connectivity index (χ1) is 17.4. The third-order valence-electron chi connectivity index (χ3n) is 7.08. The molecule has 186 valence electrons. The number of rotatable bonds is 6. The van der Waals surface area contributed by atoms with Crippen molar-refractivity contribution in [2.45, 2.75) is 46.0 Å². The molecule has 36 heavy (non-hydrogen) atoms. The summed E-state index contributed by atoms with van der Waals surface area (Å²) in [4.78, 5) is 36.1. The summed E-state index contributed by atoms with van der Waals surface area (Å²) in [7, 11) is 0. The van der Waals surface area contributed by atoms with Gasteiger partial charge in [-0.05, 0) is 63.8 Å². The average molecular weight is 486 g/mol. The Morgan fingerprint density at radius 3 is 2.64 bits per heavy atom. The highest BCUT2D eigenvalue weighted by Gasteiger charge is 2.30. The molecule has 0 aliphatic carbocycles. The highest BCUT2D eigenvalue weighted by molar-refractivity contribution is 5.96. The molecule has 2 N–H and O–H groups in total. The van der Waals surface area contributed by atoms with Gasteiger partial charge in [-0.25, -0.2) is 0 Å². The highest BCUT2D eigenvalue weighted by Crippen LogP contribution is 2.31. The summed E-state index contributed by atoms with van der Waals surface area (Å²) in [5.74, 6) is 0.517. The zero-order chi connectivity index (χ0) is 25.2. The van der Waals surface area contributed by atoms with Crippen LogP contribution in [0.5, 0.6) is 0 Å². The number of pyridine rings is 1. The van der Waals surface area contributed by atoms with Crippen molar-refractivity contribution in [1.29, 1.82) is 0 Å². The molecule has 8 heteroatoms. The standard InChI is InChI=1S/C28H31N5O3/c1-17-8-9-23(27(34)29-13-10-21-16-30-24-7-5-4-6-22(21)24)26(31-17)20-11-14-33(15-12-20)28(35)25-18(2)32-36-19(25)3/h4-9,16,20,30H,10-15H2,1-3H3,(H,29,34). The predicted octanol–water partition coefficient (Wildman–Crippen LogP) is 4.47. The third-order valence-corrected chi connectivity index (χ3v) is 7.08. The maximum absolute atomic E-state index is 13.2. The van der Waals surface area contributed by atoms with Crippen molar-refractivity contribution in [1.82, 2.24) is 25.3 Å². The van der Waals surface area contributed by atoms with Crippen LogP contribution in [-0.4, -0.2) is 51.5 Å². The SMILES string of the molecule is Cc1ccc(C(=O)NCCc2c[nH]c3ccccc23)c(C2CCN(C(=O)c3c(C)noc3C)CC2)n1. The molecule has 4 aromatic rings. The molecule has 1 aliphatic heterocycles. The molecule has 8 nitrogen and oxygen atoms in total. The number of hydrogen-bond donors (Lipinski definition) is 2. The minimum Gasteiger partial charge on any atom is -0.361 e. The molecule has 0 unspecified atom stereocenters. The summed E-state index contributed by atoms with van der Waals surface area (Å²) in [5.41, 5.74) is 5.78. The van der Waals surface area contributed by atoms with Crippen LogP contribution in [-0.2, 0) is 6.42 Å². The molecule has 0 saturated carbocycles. The van der Waals surface area contributed by atoms with Gasteiger partial charge in [0, 0.05) is 48.3 Å². The fraction of sp³-hybridized carbons (Fsp3) is 0.357. The van der Waals surface area contributed by atoms with Gasteiger partial charge in [-0.3, -0.25) is 14.6 Å². The number of aromatic nitrogens is 3. The van der Waals surface area contributed by atoms with Crippen molar-refractivity contribution in [3.63, 3.8) is 0 Å². The van der Waals surface area contributed by atoms with Crippen molar-refractivity contribution in [2.24, 2.45) is 0 Å². The van der Waals surface area contributed by atoms with Crippen LogP contribution in [0.2, 0.25) is 0 Å².